The standard InChI is InChI=1S/C15H23N5O/c1-10-12(11(2)20(3)19-10)7-8-13(18-16)15-14(21-4)6-5-9-17-15/h5-6,9,13,18H,7-8,16H2,1-4H3. The highest BCUT2D eigenvalue weighted by molar-refractivity contribution is 5.30. The summed E-state index contributed by atoms with van der Waals surface area (Å²) in [4.78, 5) is 4.39. The molecule has 2 rings (SSSR count). The Kier molecular flexibility index (Phi) is 4.93. The highest BCUT2D eigenvalue weighted by atomic mass is 16.5. The number of rotatable bonds is 6. The van der Waals surface area contributed by atoms with E-state index in [0.29, 0.717) is 0 Å². The molecule has 0 spiro atoms. The van der Waals surface area contributed by atoms with Crippen molar-refractivity contribution in [1.29, 1.82) is 0 Å². The predicted octanol–water partition coefficient (Wildman–Crippen LogP) is 1.58. The van der Waals surface area contributed by atoms with Crippen LogP contribution in [0.2, 0.25) is 0 Å². The molecule has 2 aromatic rings. The molecule has 2 aromatic heterocycles. The van der Waals surface area contributed by atoms with E-state index >= 15 is 0 Å². The third-order valence-corrected chi connectivity index (χ3v) is 3.89. The average Bonchev–Trinajstić information content (AvgIpc) is 2.74. The van der Waals surface area contributed by atoms with Crippen LogP contribution in [0, 0.1) is 13.8 Å². The largest absolute Gasteiger partial charge is 0.495 e. The van der Waals surface area contributed by atoms with Crippen molar-refractivity contribution in [2.45, 2.75) is 32.7 Å². The van der Waals surface area contributed by atoms with Gasteiger partial charge >= 0.3 is 0 Å². The van der Waals surface area contributed by atoms with Gasteiger partial charge in [-0.25, -0.2) is 0 Å². The molecule has 114 valence electrons. The Morgan fingerprint density at radius 3 is 2.76 bits per heavy atom. The van der Waals surface area contributed by atoms with Gasteiger partial charge < -0.3 is 4.74 Å². The maximum atomic E-state index is 5.71. The van der Waals surface area contributed by atoms with Crippen molar-refractivity contribution in [1.82, 2.24) is 20.2 Å². The number of nitrogens with one attached hydrogen (secondary N) is 1. The van der Waals surface area contributed by atoms with E-state index in [4.69, 9.17) is 10.6 Å². The summed E-state index contributed by atoms with van der Waals surface area (Å²) in [5.41, 5.74) is 7.20. The Hall–Kier alpha value is -1.92. The number of methoxy groups -OCH3 is 1. The van der Waals surface area contributed by atoms with Crippen LogP contribution < -0.4 is 16.0 Å². The van der Waals surface area contributed by atoms with Gasteiger partial charge in [0.1, 0.15) is 11.4 Å². The lowest BCUT2D eigenvalue weighted by Gasteiger charge is -2.17. The van der Waals surface area contributed by atoms with Crippen LogP contribution in [0.3, 0.4) is 0 Å². The van der Waals surface area contributed by atoms with Crippen LogP contribution in [-0.4, -0.2) is 21.9 Å². The lowest BCUT2D eigenvalue weighted by molar-refractivity contribution is 0.390. The second-order valence-electron chi connectivity index (χ2n) is 5.12. The Labute approximate surface area is 125 Å². The van der Waals surface area contributed by atoms with E-state index < -0.39 is 0 Å². The quantitative estimate of drug-likeness (QED) is 0.623. The zero-order valence-corrected chi connectivity index (χ0v) is 13.1. The van der Waals surface area contributed by atoms with E-state index in [9.17, 15) is 0 Å². The van der Waals surface area contributed by atoms with Gasteiger partial charge in [-0.05, 0) is 44.4 Å². The van der Waals surface area contributed by atoms with Crippen molar-refractivity contribution < 1.29 is 4.74 Å². The van der Waals surface area contributed by atoms with Gasteiger partial charge in [0, 0.05) is 18.9 Å². The monoisotopic (exact) mass is 289 g/mol. The van der Waals surface area contributed by atoms with Crippen LogP contribution in [0.4, 0.5) is 0 Å². The fourth-order valence-electron chi connectivity index (χ4n) is 2.60. The lowest BCUT2D eigenvalue weighted by Crippen LogP contribution is -2.29. The van der Waals surface area contributed by atoms with Crippen molar-refractivity contribution in [3.8, 4) is 5.75 Å². The average molecular weight is 289 g/mol. The van der Waals surface area contributed by atoms with Gasteiger partial charge in [-0.2, -0.15) is 5.10 Å². The number of hydrogen-bond acceptors (Lipinski definition) is 5. The second-order valence-corrected chi connectivity index (χ2v) is 5.12. The minimum Gasteiger partial charge on any atom is -0.495 e. The molecule has 0 bridgehead atoms. The number of aromatic nitrogens is 3. The van der Waals surface area contributed by atoms with Crippen LogP contribution in [0.5, 0.6) is 5.75 Å². The van der Waals surface area contributed by atoms with Gasteiger partial charge in [0.25, 0.3) is 0 Å². The summed E-state index contributed by atoms with van der Waals surface area (Å²) >= 11 is 0. The van der Waals surface area contributed by atoms with E-state index in [0.717, 1.165) is 30.0 Å². The van der Waals surface area contributed by atoms with E-state index in [1.807, 2.05) is 30.8 Å². The third-order valence-electron chi connectivity index (χ3n) is 3.89. The van der Waals surface area contributed by atoms with E-state index in [2.05, 4.69) is 22.4 Å². The lowest BCUT2D eigenvalue weighted by atomic mass is 10.0. The molecule has 0 fully saturated rings. The highest BCUT2D eigenvalue weighted by Gasteiger charge is 2.18. The molecule has 21 heavy (non-hydrogen) atoms. The van der Waals surface area contributed by atoms with Crippen LogP contribution in [0.1, 0.15) is 35.1 Å². The Morgan fingerprint density at radius 2 is 2.19 bits per heavy atom. The molecule has 0 saturated carbocycles. The normalized spacial score (nSPS) is 12.4. The van der Waals surface area contributed by atoms with Crippen molar-refractivity contribution >= 4 is 0 Å². The first-order valence-electron chi connectivity index (χ1n) is 7.02. The minimum absolute atomic E-state index is 0.0554. The molecular formula is C15H23N5O. The van der Waals surface area contributed by atoms with Crippen LogP contribution in [0.25, 0.3) is 0 Å². The molecular weight excluding hydrogens is 266 g/mol. The van der Waals surface area contributed by atoms with Crippen LogP contribution in [0.15, 0.2) is 18.3 Å². The number of aryl methyl sites for hydroxylation is 2. The van der Waals surface area contributed by atoms with Gasteiger partial charge in [-0.15, -0.1) is 0 Å². The smallest absolute Gasteiger partial charge is 0.142 e. The molecule has 1 unspecified atom stereocenters. The Morgan fingerprint density at radius 1 is 1.43 bits per heavy atom. The van der Waals surface area contributed by atoms with Crippen LogP contribution in [-0.2, 0) is 13.5 Å². The number of hydrazine groups is 1. The molecule has 0 aliphatic carbocycles. The second kappa shape index (κ2) is 6.69. The molecule has 1 atom stereocenters. The number of nitrogens with two attached hydrogens (primary N) is 1. The van der Waals surface area contributed by atoms with E-state index in [1.165, 1.54) is 11.3 Å². The van der Waals surface area contributed by atoms with Crippen molar-refractivity contribution in [3.63, 3.8) is 0 Å². The van der Waals surface area contributed by atoms with E-state index in [-0.39, 0.29) is 6.04 Å². The molecule has 0 aliphatic heterocycles. The summed E-state index contributed by atoms with van der Waals surface area (Å²) in [6.07, 6.45) is 3.47. The Bertz CT molecular complexity index is 608. The van der Waals surface area contributed by atoms with Gasteiger partial charge in [-0.3, -0.25) is 20.9 Å². The molecule has 0 aromatic carbocycles. The van der Waals surface area contributed by atoms with Crippen molar-refractivity contribution in [2.75, 3.05) is 7.11 Å². The zero-order chi connectivity index (χ0) is 15.4. The molecule has 0 saturated heterocycles. The van der Waals surface area contributed by atoms with Crippen molar-refractivity contribution in [2.24, 2.45) is 12.9 Å². The first kappa shape index (κ1) is 15.5. The third kappa shape index (κ3) is 3.22. The zero-order valence-electron chi connectivity index (χ0n) is 13.1. The summed E-state index contributed by atoms with van der Waals surface area (Å²) < 4.78 is 7.27. The minimum atomic E-state index is -0.0554. The predicted molar refractivity (Wildman–Crippen MR) is 81.9 cm³/mol. The molecule has 2 heterocycles. The summed E-state index contributed by atoms with van der Waals surface area (Å²) in [5.74, 6) is 6.46. The first-order valence-corrected chi connectivity index (χ1v) is 7.02. The maximum Gasteiger partial charge on any atom is 0.142 e. The van der Waals surface area contributed by atoms with Crippen molar-refractivity contribution in [3.05, 3.63) is 41.0 Å². The summed E-state index contributed by atoms with van der Waals surface area (Å²) in [6.45, 7) is 4.12. The fraction of sp³-hybridized carbons (Fsp3) is 0.467. The number of hydrogen-bond donors (Lipinski definition) is 2. The van der Waals surface area contributed by atoms with Crippen LogP contribution >= 0.6 is 0 Å². The maximum absolute atomic E-state index is 5.71. The van der Waals surface area contributed by atoms with Gasteiger partial charge in [0.15, 0.2) is 0 Å². The van der Waals surface area contributed by atoms with Gasteiger partial charge in [-0.1, -0.05) is 0 Å². The molecule has 6 heteroatoms. The number of nitrogens with zero attached hydrogens (tertiary/aromatic N) is 3. The Balaban J connectivity index is 2.16. The molecule has 0 amide bonds. The molecule has 6 nitrogen and oxygen atoms in total. The summed E-state index contributed by atoms with van der Waals surface area (Å²) in [7, 11) is 3.61. The first-order chi connectivity index (χ1) is 10.1. The summed E-state index contributed by atoms with van der Waals surface area (Å²) in [6, 6.07) is 3.69. The fourth-order valence-corrected chi connectivity index (χ4v) is 2.60. The van der Waals surface area contributed by atoms with Gasteiger partial charge in [0.05, 0.1) is 18.8 Å². The number of pyridine rings is 1. The highest BCUT2D eigenvalue weighted by Crippen LogP contribution is 2.26. The molecule has 0 aliphatic rings. The topological polar surface area (TPSA) is 78.0 Å². The van der Waals surface area contributed by atoms with E-state index in [1.54, 1.807) is 13.3 Å². The molecule has 3 N–H and O–H groups in total. The summed E-state index contributed by atoms with van der Waals surface area (Å²) in [5, 5.41) is 4.45. The molecule has 0 radical (unpaired) electrons. The number of ether oxygens (including phenoxy) is 1. The van der Waals surface area contributed by atoms with Gasteiger partial charge in [0.2, 0.25) is 0 Å². The SMILES string of the molecule is COc1cccnc1C(CCc1c(C)nn(C)c1C)NN.